The average Bonchev–Trinajstić information content (AvgIpc) is 2.64. The number of benzene rings is 1. The summed E-state index contributed by atoms with van der Waals surface area (Å²) in [5.74, 6) is -0.790. The Morgan fingerprint density at radius 1 is 1.14 bits per heavy atom. The standard InChI is InChI=1S/C19H14F3N3O3/c1-11-2-5-14(10-23-11)28-16-8-12(19(20,21)22)3-6-15(16)18(27)25-13-4-7-17(26)24-9-13/h2-10H,1H3,(H,24,26)(H,25,27). The average molecular weight is 389 g/mol. The molecule has 0 aliphatic carbocycles. The molecule has 6 nitrogen and oxygen atoms in total. The van der Waals surface area contributed by atoms with Gasteiger partial charge in [-0.1, -0.05) is 0 Å². The number of H-pyrrole nitrogens is 1. The maximum atomic E-state index is 13.1. The van der Waals surface area contributed by atoms with E-state index in [0.29, 0.717) is 5.69 Å². The van der Waals surface area contributed by atoms with Crippen LogP contribution in [0.2, 0.25) is 0 Å². The molecule has 0 fully saturated rings. The normalized spacial score (nSPS) is 11.1. The van der Waals surface area contributed by atoms with Crippen LogP contribution in [0.4, 0.5) is 18.9 Å². The topological polar surface area (TPSA) is 84.1 Å². The third kappa shape index (κ3) is 4.56. The van der Waals surface area contributed by atoms with Gasteiger partial charge in [0.05, 0.1) is 23.0 Å². The number of carbonyl (C=O) groups is 1. The van der Waals surface area contributed by atoms with Crippen LogP contribution in [0.5, 0.6) is 11.5 Å². The molecule has 3 rings (SSSR count). The summed E-state index contributed by atoms with van der Waals surface area (Å²) in [6, 6.07) is 8.31. The number of carbonyl (C=O) groups excluding carboxylic acids is 1. The zero-order valence-corrected chi connectivity index (χ0v) is 14.5. The summed E-state index contributed by atoms with van der Waals surface area (Å²) in [4.78, 5) is 30.0. The first-order valence-electron chi connectivity index (χ1n) is 8.04. The number of nitrogens with zero attached hydrogens (tertiary/aromatic N) is 1. The number of amides is 1. The fourth-order valence-corrected chi connectivity index (χ4v) is 2.30. The highest BCUT2D eigenvalue weighted by Gasteiger charge is 2.32. The van der Waals surface area contributed by atoms with Gasteiger partial charge in [0.2, 0.25) is 5.56 Å². The molecule has 0 radical (unpaired) electrons. The highest BCUT2D eigenvalue weighted by atomic mass is 19.4. The molecule has 0 saturated heterocycles. The summed E-state index contributed by atoms with van der Waals surface area (Å²) in [7, 11) is 0. The van der Waals surface area contributed by atoms with Crippen molar-refractivity contribution in [1.82, 2.24) is 9.97 Å². The van der Waals surface area contributed by atoms with E-state index in [-0.39, 0.29) is 28.3 Å². The van der Waals surface area contributed by atoms with Gasteiger partial charge in [-0.25, -0.2) is 0 Å². The molecular weight excluding hydrogens is 375 g/mol. The number of alkyl halides is 3. The van der Waals surface area contributed by atoms with Crippen molar-refractivity contribution < 1.29 is 22.7 Å². The summed E-state index contributed by atoms with van der Waals surface area (Å²) in [6.45, 7) is 1.75. The van der Waals surface area contributed by atoms with Crippen molar-refractivity contribution in [2.75, 3.05) is 5.32 Å². The van der Waals surface area contributed by atoms with Gasteiger partial charge < -0.3 is 15.0 Å². The number of hydrogen-bond donors (Lipinski definition) is 2. The van der Waals surface area contributed by atoms with E-state index in [2.05, 4.69) is 15.3 Å². The molecule has 9 heteroatoms. The third-order valence-electron chi connectivity index (χ3n) is 3.71. The number of pyridine rings is 2. The quantitative estimate of drug-likeness (QED) is 0.702. The largest absolute Gasteiger partial charge is 0.455 e. The zero-order chi connectivity index (χ0) is 20.3. The number of nitrogens with one attached hydrogen (secondary N) is 2. The van der Waals surface area contributed by atoms with Gasteiger partial charge in [0.1, 0.15) is 11.5 Å². The number of anilines is 1. The van der Waals surface area contributed by atoms with Crippen LogP contribution in [-0.4, -0.2) is 15.9 Å². The number of ether oxygens (including phenoxy) is 1. The predicted molar refractivity (Wildman–Crippen MR) is 95.5 cm³/mol. The van der Waals surface area contributed by atoms with E-state index in [0.717, 1.165) is 18.2 Å². The van der Waals surface area contributed by atoms with Gasteiger partial charge in [-0.3, -0.25) is 14.6 Å². The predicted octanol–water partition coefficient (Wildman–Crippen LogP) is 4.14. The van der Waals surface area contributed by atoms with Crippen molar-refractivity contribution in [3.8, 4) is 11.5 Å². The Hall–Kier alpha value is -3.62. The summed E-state index contributed by atoms with van der Waals surface area (Å²) >= 11 is 0. The van der Waals surface area contributed by atoms with Crippen LogP contribution >= 0.6 is 0 Å². The van der Waals surface area contributed by atoms with E-state index in [4.69, 9.17) is 4.74 Å². The van der Waals surface area contributed by atoms with Crippen LogP contribution in [0.25, 0.3) is 0 Å². The fraction of sp³-hybridized carbons (Fsp3) is 0.105. The van der Waals surface area contributed by atoms with Crippen molar-refractivity contribution in [3.63, 3.8) is 0 Å². The molecule has 0 atom stereocenters. The van der Waals surface area contributed by atoms with Crippen LogP contribution < -0.4 is 15.6 Å². The SMILES string of the molecule is Cc1ccc(Oc2cc(C(F)(F)F)ccc2C(=O)Nc2ccc(=O)[nH]c2)cn1. The smallest absolute Gasteiger partial charge is 0.416 e. The van der Waals surface area contributed by atoms with Gasteiger partial charge >= 0.3 is 6.18 Å². The second-order valence-corrected chi connectivity index (χ2v) is 5.84. The van der Waals surface area contributed by atoms with E-state index in [1.165, 1.54) is 30.6 Å². The minimum atomic E-state index is -4.60. The summed E-state index contributed by atoms with van der Waals surface area (Å²) in [5, 5.41) is 2.49. The molecule has 1 aromatic carbocycles. The van der Waals surface area contributed by atoms with Gasteiger partial charge in [-0.15, -0.1) is 0 Å². The number of hydrogen-bond acceptors (Lipinski definition) is 4. The van der Waals surface area contributed by atoms with E-state index in [9.17, 15) is 22.8 Å². The molecule has 144 valence electrons. The van der Waals surface area contributed by atoms with E-state index >= 15 is 0 Å². The lowest BCUT2D eigenvalue weighted by Crippen LogP contribution is -2.15. The van der Waals surface area contributed by atoms with Gasteiger partial charge in [0, 0.05) is 18.0 Å². The van der Waals surface area contributed by atoms with E-state index in [1.807, 2.05) is 0 Å². The zero-order valence-electron chi connectivity index (χ0n) is 14.5. The summed E-state index contributed by atoms with van der Waals surface area (Å²) < 4.78 is 44.7. The Balaban J connectivity index is 1.96. The van der Waals surface area contributed by atoms with Crippen LogP contribution in [0.15, 0.2) is 59.7 Å². The second-order valence-electron chi connectivity index (χ2n) is 5.84. The first-order valence-corrected chi connectivity index (χ1v) is 8.04. The number of aromatic nitrogens is 2. The summed E-state index contributed by atoms with van der Waals surface area (Å²) in [5.41, 5.74) is -0.453. The molecule has 2 heterocycles. The first kappa shape index (κ1) is 19.2. The maximum absolute atomic E-state index is 13.1. The minimum absolute atomic E-state index is 0.111. The molecule has 2 N–H and O–H groups in total. The Kier molecular flexibility index (Phi) is 5.16. The molecule has 2 aromatic heterocycles. The lowest BCUT2D eigenvalue weighted by atomic mass is 10.1. The van der Waals surface area contributed by atoms with Crippen molar-refractivity contribution >= 4 is 11.6 Å². The van der Waals surface area contributed by atoms with Crippen LogP contribution in [-0.2, 0) is 6.18 Å². The van der Waals surface area contributed by atoms with Gasteiger partial charge in [-0.05, 0) is 43.3 Å². The highest BCUT2D eigenvalue weighted by Crippen LogP contribution is 2.35. The van der Waals surface area contributed by atoms with Gasteiger partial charge in [0.25, 0.3) is 5.91 Å². The summed E-state index contributed by atoms with van der Waals surface area (Å²) in [6.07, 6.45) is -1.98. The molecule has 0 saturated carbocycles. The monoisotopic (exact) mass is 389 g/mol. The second kappa shape index (κ2) is 7.55. The Labute approximate surface area is 157 Å². The van der Waals surface area contributed by atoms with Gasteiger partial charge in [0.15, 0.2) is 0 Å². The minimum Gasteiger partial charge on any atom is -0.455 e. The molecule has 28 heavy (non-hydrogen) atoms. The fourth-order valence-electron chi connectivity index (χ4n) is 2.30. The third-order valence-corrected chi connectivity index (χ3v) is 3.71. The number of halogens is 3. The van der Waals surface area contributed by atoms with E-state index < -0.39 is 17.6 Å². The lowest BCUT2D eigenvalue weighted by Gasteiger charge is -2.14. The molecule has 3 aromatic rings. The van der Waals surface area contributed by atoms with Crippen molar-refractivity contribution in [1.29, 1.82) is 0 Å². The van der Waals surface area contributed by atoms with Crippen molar-refractivity contribution in [2.24, 2.45) is 0 Å². The van der Waals surface area contributed by atoms with Crippen LogP contribution in [0.1, 0.15) is 21.6 Å². The van der Waals surface area contributed by atoms with Crippen LogP contribution in [0, 0.1) is 6.92 Å². The molecule has 0 unspecified atom stereocenters. The number of aromatic amines is 1. The lowest BCUT2D eigenvalue weighted by molar-refractivity contribution is -0.137. The first-order chi connectivity index (χ1) is 13.2. The Morgan fingerprint density at radius 2 is 1.93 bits per heavy atom. The molecular formula is C19H14F3N3O3. The highest BCUT2D eigenvalue weighted by molar-refractivity contribution is 6.06. The van der Waals surface area contributed by atoms with Crippen molar-refractivity contribution in [3.05, 3.63) is 82.0 Å². The van der Waals surface area contributed by atoms with Gasteiger partial charge in [-0.2, -0.15) is 13.2 Å². The maximum Gasteiger partial charge on any atom is 0.416 e. The van der Waals surface area contributed by atoms with E-state index in [1.54, 1.807) is 13.0 Å². The number of rotatable bonds is 4. The Morgan fingerprint density at radius 3 is 2.54 bits per heavy atom. The van der Waals surface area contributed by atoms with Crippen molar-refractivity contribution in [2.45, 2.75) is 13.1 Å². The molecule has 0 spiro atoms. The molecule has 0 bridgehead atoms. The Bertz CT molecular complexity index is 1040. The van der Waals surface area contributed by atoms with Crippen LogP contribution in [0.3, 0.4) is 0 Å². The molecule has 1 amide bonds. The number of aryl methyl sites for hydroxylation is 1. The molecule has 0 aliphatic rings. The molecule has 0 aliphatic heterocycles.